The molecule has 0 aliphatic carbocycles. The second kappa shape index (κ2) is 11.2. The molecule has 0 spiro atoms. The first kappa shape index (κ1) is 24.7. The molecule has 1 amide bonds. The number of unbranched alkanes of at least 4 members (excludes halogenated alkanes) is 1. The number of halogens is 1. The van der Waals surface area contributed by atoms with E-state index in [9.17, 15) is 14.4 Å². The van der Waals surface area contributed by atoms with Gasteiger partial charge in [0.25, 0.3) is 5.56 Å². The lowest BCUT2D eigenvalue weighted by molar-refractivity contribution is -0.119. The number of anilines is 2. The fourth-order valence-corrected chi connectivity index (χ4v) is 3.52. The molecule has 0 fully saturated rings. The molecule has 1 heterocycles. The smallest absolute Gasteiger partial charge is 0.330 e. The van der Waals surface area contributed by atoms with Gasteiger partial charge in [-0.05, 0) is 44.5 Å². The summed E-state index contributed by atoms with van der Waals surface area (Å²) in [6, 6.07) is 7.43. The molecule has 0 saturated carbocycles. The fraction of sp³-hybridized carbons (Fsp3) is 0.500. The van der Waals surface area contributed by atoms with Crippen molar-refractivity contribution in [1.29, 1.82) is 0 Å². The fourth-order valence-electron chi connectivity index (χ4n) is 3.39. The molecular weight excluding hydrogens is 418 g/mol. The van der Waals surface area contributed by atoms with Crippen molar-refractivity contribution < 1.29 is 4.79 Å². The Morgan fingerprint density at radius 1 is 1.19 bits per heavy atom. The second-order valence-electron chi connectivity index (χ2n) is 7.69. The molecule has 9 heteroatoms. The molecule has 0 radical (unpaired) electrons. The lowest BCUT2D eigenvalue weighted by Crippen LogP contribution is -2.45. The maximum absolute atomic E-state index is 13.3. The first-order valence-electron chi connectivity index (χ1n) is 10.6. The second-order valence-corrected chi connectivity index (χ2v) is 8.12. The number of benzene rings is 1. The minimum Gasteiger partial charge on any atom is -0.383 e. The number of carbonyl (C=O) groups excluding carboxylic acids is 1. The number of hydrogen-bond acceptors (Lipinski definition) is 5. The highest BCUT2D eigenvalue weighted by molar-refractivity contribution is 6.30. The maximum atomic E-state index is 13.3. The number of nitrogens with one attached hydrogen (secondary N) is 1. The molecule has 170 valence electrons. The van der Waals surface area contributed by atoms with Crippen molar-refractivity contribution in [1.82, 2.24) is 14.5 Å². The molecule has 0 saturated heterocycles. The van der Waals surface area contributed by atoms with Crippen LogP contribution in [0.1, 0.15) is 51.6 Å². The van der Waals surface area contributed by atoms with E-state index in [1.807, 2.05) is 57.0 Å². The van der Waals surface area contributed by atoms with Gasteiger partial charge in [0.2, 0.25) is 5.91 Å². The van der Waals surface area contributed by atoms with E-state index in [-0.39, 0.29) is 30.0 Å². The molecule has 0 aliphatic rings. The minimum atomic E-state index is -0.646. The summed E-state index contributed by atoms with van der Waals surface area (Å²) in [6.45, 7) is 6.69. The standard InChI is InChI=1S/C22H32ClN5O3/c1-5-7-13-27(19-20(24)28(12-6-2)22(31)25-21(19)30)18(29)14-26(4)15(3)16-8-10-17(23)11-9-16/h8-11,15H,5-7,12-14,24H2,1-4H3,(H,25,30,31). The molecule has 2 rings (SSSR count). The number of aromatic nitrogens is 2. The first-order chi connectivity index (χ1) is 14.7. The number of rotatable bonds is 10. The Balaban J connectivity index is 2.35. The largest absolute Gasteiger partial charge is 0.383 e. The zero-order chi connectivity index (χ0) is 23.1. The Morgan fingerprint density at radius 3 is 2.42 bits per heavy atom. The first-order valence-corrected chi connectivity index (χ1v) is 11.0. The van der Waals surface area contributed by atoms with Crippen molar-refractivity contribution in [2.24, 2.45) is 0 Å². The van der Waals surface area contributed by atoms with Crippen LogP contribution < -0.4 is 21.9 Å². The molecule has 1 atom stereocenters. The normalized spacial score (nSPS) is 12.2. The molecule has 3 N–H and O–H groups in total. The average Bonchev–Trinajstić information content (AvgIpc) is 2.73. The van der Waals surface area contributed by atoms with E-state index in [0.29, 0.717) is 31.0 Å². The van der Waals surface area contributed by atoms with Crippen LogP contribution in [0.4, 0.5) is 11.5 Å². The van der Waals surface area contributed by atoms with Crippen molar-refractivity contribution in [3.05, 3.63) is 55.7 Å². The Bertz CT molecular complexity index is 1000. The number of likely N-dealkylation sites (N-methyl/N-ethyl adjacent to an activating group) is 1. The van der Waals surface area contributed by atoms with E-state index in [2.05, 4.69) is 4.98 Å². The molecule has 31 heavy (non-hydrogen) atoms. The highest BCUT2D eigenvalue weighted by Crippen LogP contribution is 2.22. The summed E-state index contributed by atoms with van der Waals surface area (Å²) in [4.78, 5) is 43.7. The highest BCUT2D eigenvalue weighted by atomic mass is 35.5. The van der Waals surface area contributed by atoms with Gasteiger partial charge in [-0.1, -0.05) is 44.0 Å². The van der Waals surface area contributed by atoms with E-state index in [4.69, 9.17) is 17.3 Å². The van der Waals surface area contributed by atoms with Crippen LogP contribution in [0.2, 0.25) is 5.02 Å². The van der Waals surface area contributed by atoms with Gasteiger partial charge >= 0.3 is 5.69 Å². The molecule has 0 aliphatic heterocycles. The summed E-state index contributed by atoms with van der Waals surface area (Å²) < 4.78 is 1.31. The molecule has 0 bridgehead atoms. The summed E-state index contributed by atoms with van der Waals surface area (Å²) >= 11 is 5.97. The van der Waals surface area contributed by atoms with Gasteiger partial charge in [-0.15, -0.1) is 0 Å². The number of nitrogen functional groups attached to an aromatic ring is 1. The average molecular weight is 450 g/mol. The SMILES string of the molecule is CCCCN(C(=O)CN(C)C(C)c1ccc(Cl)cc1)c1c(N)n(CCC)c(=O)[nH]c1=O. The zero-order valence-corrected chi connectivity index (χ0v) is 19.4. The molecule has 1 aromatic heterocycles. The van der Waals surface area contributed by atoms with E-state index in [0.717, 1.165) is 12.0 Å². The molecule has 1 aromatic carbocycles. The minimum absolute atomic E-state index is 0.0217. The predicted molar refractivity (Wildman–Crippen MR) is 126 cm³/mol. The Labute approximate surface area is 187 Å². The zero-order valence-electron chi connectivity index (χ0n) is 18.7. The maximum Gasteiger partial charge on any atom is 0.330 e. The third-order valence-corrected chi connectivity index (χ3v) is 5.62. The van der Waals surface area contributed by atoms with Gasteiger partial charge in [0, 0.05) is 24.2 Å². The summed E-state index contributed by atoms with van der Waals surface area (Å²) in [7, 11) is 1.85. The van der Waals surface area contributed by atoms with Crippen molar-refractivity contribution in [2.45, 2.75) is 52.6 Å². The Morgan fingerprint density at radius 2 is 1.84 bits per heavy atom. The van der Waals surface area contributed by atoms with E-state index >= 15 is 0 Å². The Hall–Kier alpha value is -2.58. The third-order valence-electron chi connectivity index (χ3n) is 5.37. The molecule has 8 nitrogen and oxygen atoms in total. The van der Waals surface area contributed by atoms with Crippen molar-refractivity contribution >= 4 is 29.0 Å². The third kappa shape index (κ3) is 5.98. The van der Waals surface area contributed by atoms with Gasteiger partial charge in [0.1, 0.15) is 5.82 Å². The van der Waals surface area contributed by atoms with Crippen LogP contribution in [0.5, 0.6) is 0 Å². The number of nitrogens with zero attached hydrogens (tertiary/aromatic N) is 3. The van der Waals surface area contributed by atoms with Gasteiger partial charge in [-0.2, -0.15) is 0 Å². The monoisotopic (exact) mass is 449 g/mol. The summed E-state index contributed by atoms with van der Waals surface area (Å²) in [6.07, 6.45) is 2.21. The van der Waals surface area contributed by atoms with Crippen LogP contribution >= 0.6 is 11.6 Å². The van der Waals surface area contributed by atoms with Crippen LogP contribution in [-0.2, 0) is 11.3 Å². The quantitative estimate of drug-likeness (QED) is 0.580. The van der Waals surface area contributed by atoms with Gasteiger partial charge < -0.3 is 10.6 Å². The van der Waals surface area contributed by atoms with Crippen molar-refractivity contribution in [3.63, 3.8) is 0 Å². The number of nitrogens with two attached hydrogens (primary N) is 1. The molecule has 2 aromatic rings. The van der Waals surface area contributed by atoms with Gasteiger partial charge in [-0.3, -0.25) is 24.0 Å². The number of amides is 1. The van der Waals surface area contributed by atoms with Crippen LogP contribution in [0, 0.1) is 0 Å². The number of hydrogen-bond donors (Lipinski definition) is 2. The van der Waals surface area contributed by atoms with Crippen LogP contribution in [0.15, 0.2) is 33.9 Å². The summed E-state index contributed by atoms with van der Waals surface area (Å²) in [5.74, 6) is -0.232. The number of carbonyl (C=O) groups is 1. The topological polar surface area (TPSA) is 104 Å². The number of aromatic amines is 1. The van der Waals surface area contributed by atoms with Crippen molar-refractivity contribution in [2.75, 3.05) is 30.8 Å². The van der Waals surface area contributed by atoms with Crippen LogP contribution in [0.3, 0.4) is 0 Å². The summed E-state index contributed by atoms with van der Waals surface area (Å²) in [5.41, 5.74) is 6.05. The molecule has 1 unspecified atom stereocenters. The van der Waals surface area contributed by atoms with Gasteiger partial charge in [0.05, 0.1) is 6.54 Å². The lowest BCUT2D eigenvalue weighted by Gasteiger charge is -2.29. The highest BCUT2D eigenvalue weighted by Gasteiger charge is 2.26. The lowest BCUT2D eigenvalue weighted by atomic mass is 10.1. The van der Waals surface area contributed by atoms with Crippen LogP contribution in [0.25, 0.3) is 0 Å². The van der Waals surface area contributed by atoms with Crippen molar-refractivity contribution in [3.8, 4) is 0 Å². The Kier molecular flexibility index (Phi) is 8.88. The summed E-state index contributed by atoms with van der Waals surface area (Å²) in [5, 5.41) is 0.650. The number of H-pyrrole nitrogens is 1. The van der Waals surface area contributed by atoms with E-state index in [1.54, 1.807) is 0 Å². The van der Waals surface area contributed by atoms with Crippen LogP contribution in [-0.4, -0.2) is 40.5 Å². The molecular formula is C22H32ClN5O3. The van der Waals surface area contributed by atoms with E-state index < -0.39 is 11.2 Å². The van der Waals surface area contributed by atoms with Gasteiger partial charge in [-0.25, -0.2) is 4.79 Å². The van der Waals surface area contributed by atoms with E-state index in [1.165, 1.54) is 9.47 Å². The van der Waals surface area contributed by atoms with Gasteiger partial charge in [0.15, 0.2) is 5.69 Å². The predicted octanol–water partition coefficient (Wildman–Crippen LogP) is 3.01.